The van der Waals surface area contributed by atoms with E-state index in [2.05, 4.69) is 16.7 Å². The first-order valence-corrected chi connectivity index (χ1v) is 9.33. The van der Waals surface area contributed by atoms with Crippen molar-refractivity contribution in [3.8, 4) is 11.5 Å². The monoisotopic (exact) mass is 322 g/mol. The molecule has 1 aromatic rings. The van der Waals surface area contributed by atoms with Crippen LogP contribution in [0.15, 0.2) is 18.2 Å². The SMILES string of the molecule is COc1cc(N)ccc1OC1CCC(N2CCSCC2)CC1. The summed E-state index contributed by atoms with van der Waals surface area (Å²) >= 11 is 2.08. The van der Waals surface area contributed by atoms with Crippen LogP contribution in [0.4, 0.5) is 5.69 Å². The van der Waals surface area contributed by atoms with Crippen molar-refractivity contribution in [2.24, 2.45) is 0 Å². The third kappa shape index (κ3) is 3.82. The quantitative estimate of drug-likeness (QED) is 0.864. The highest BCUT2D eigenvalue weighted by molar-refractivity contribution is 7.99. The fourth-order valence-electron chi connectivity index (χ4n) is 3.43. The Morgan fingerprint density at radius 3 is 2.50 bits per heavy atom. The van der Waals surface area contributed by atoms with Crippen molar-refractivity contribution in [2.75, 3.05) is 37.4 Å². The molecule has 1 saturated heterocycles. The second-order valence-electron chi connectivity index (χ2n) is 6.11. The molecule has 5 heteroatoms. The van der Waals surface area contributed by atoms with E-state index in [-0.39, 0.29) is 0 Å². The van der Waals surface area contributed by atoms with Gasteiger partial charge in [0.2, 0.25) is 0 Å². The van der Waals surface area contributed by atoms with Gasteiger partial charge in [-0.1, -0.05) is 0 Å². The van der Waals surface area contributed by atoms with Gasteiger partial charge in [0.25, 0.3) is 0 Å². The smallest absolute Gasteiger partial charge is 0.162 e. The molecule has 0 atom stereocenters. The van der Waals surface area contributed by atoms with Crippen molar-refractivity contribution >= 4 is 17.4 Å². The normalized spacial score (nSPS) is 26.6. The van der Waals surface area contributed by atoms with E-state index in [4.69, 9.17) is 15.2 Å². The minimum atomic E-state index is 0.299. The second-order valence-corrected chi connectivity index (χ2v) is 7.33. The van der Waals surface area contributed by atoms with E-state index in [0.717, 1.165) is 30.4 Å². The van der Waals surface area contributed by atoms with Crippen LogP contribution in [0, 0.1) is 0 Å². The third-order valence-corrected chi connectivity index (χ3v) is 5.63. The lowest BCUT2D eigenvalue weighted by molar-refractivity contribution is 0.0912. The van der Waals surface area contributed by atoms with Gasteiger partial charge < -0.3 is 15.2 Å². The van der Waals surface area contributed by atoms with Gasteiger partial charge in [-0.05, 0) is 37.8 Å². The molecule has 1 aliphatic heterocycles. The van der Waals surface area contributed by atoms with Gasteiger partial charge in [0, 0.05) is 42.4 Å². The summed E-state index contributed by atoms with van der Waals surface area (Å²) < 4.78 is 11.5. The summed E-state index contributed by atoms with van der Waals surface area (Å²) in [6.45, 7) is 2.51. The zero-order chi connectivity index (χ0) is 15.4. The lowest BCUT2D eigenvalue weighted by Gasteiger charge is -2.38. The molecule has 0 spiro atoms. The number of hydrogen-bond acceptors (Lipinski definition) is 5. The van der Waals surface area contributed by atoms with Gasteiger partial charge in [-0.25, -0.2) is 0 Å². The Kier molecular flexibility index (Phi) is 5.37. The predicted octanol–water partition coefficient (Wildman–Crippen LogP) is 3.02. The predicted molar refractivity (Wildman–Crippen MR) is 93.0 cm³/mol. The largest absolute Gasteiger partial charge is 0.493 e. The van der Waals surface area contributed by atoms with Crippen LogP contribution < -0.4 is 15.2 Å². The van der Waals surface area contributed by atoms with E-state index < -0.39 is 0 Å². The van der Waals surface area contributed by atoms with Crippen molar-refractivity contribution in [3.05, 3.63) is 18.2 Å². The van der Waals surface area contributed by atoms with Crippen LogP contribution in [-0.2, 0) is 0 Å². The number of nitrogens with two attached hydrogens (primary N) is 1. The minimum absolute atomic E-state index is 0.299. The van der Waals surface area contributed by atoms with Gasteiger partial charge in [0.05, 0.1) is 13.2 Å². The van der Waals surface area contributed by atoms with E-state index in [1.807, 2.05) is 18.2 Å². The van der Waals surface area contributed by atoms with E-state index in [9.17, 15) is 0 Å². The average molecular weight is 322 g/mol. The Morgan fingerprint density at radius 2 is 1.82 bits per heavy atom. The molecular formula is C17H26N2O2S. The molecular weight excluding hydrogens is 296 g/mol. The van der Waals surface area contributed by atoms with Gasteiger partial charge in [0.15, 0.2) is 11.5 Å². The molecule has 0 radical (unpaired) electrons. The number of nitrogens with zero attached hydrogens (tertiary/aromatic N) is 1. The molecule has 2 N–H and O–H groups in total. The molecule has 22 heavy (non-hydrogen) atoms. The lowest BCUT2D eigenvalue weighted by Crippen LogP contribution is -2.44. The van der Waals surface area contributed by atoms with Crippen molar-refractivity contribution in [1.29, 1.82) is 0 Å². The van der Waals surface area contributed by atoms with Crippen LogP contribution in [0.1, 0.15) is 25.7 Å². The zero-order valence-corrected chi connectivity index (χ0v) is 14.1. The Bertz CT molecular complexity index is 484. The third-order valence-electron chi connectivity index (χ3n) is 4.69. The van der Waals surface area contributed by atoms with Crippen molar-refractivity contribution < 1.29 is 9.47 Å². The van der Waals surface area contributed by atoms with Crippen LogP contribution >= 0.6 is 11.8 Å². The summed E-state index contributed by atoms with van der Waals surface area (Å²) in [4.78, 5) is 2.68. The summed E-state index contributed by atoms with van der Waals surface area (Å²) in [5, 5.41) is 0. The highest BCUT2D eigenvalue weighted by Crippen LogP contribution is 2.33. The lowest BCUT2D eigenvalue weighted by atomic mass is 9.91. The highest BCUT2D eigenvalue weighted by Gasteiger charge is 2.28. The van der Waals surface area contributed by atoms with Crippen LogP contribution in [0.3, 0.4) is 0 Å². The maximum Gasteiger partial charge on any atom is 0.162 e. The first-order valence-electron chi connectivity index (χ1n) is 8.18. The van der Waals surface area contributed by atoms with Gasteiger partial charge in [-0.3, -0.25) is 4.90 Å². The molecule has 4 nitrogen and oxygen atoms in total. The number of ether oxygens (including phenoxy) is 2. The minimum Gasteiger partial charge on any atom is -0.493 e. The standard InChI is InChI=1S/C17H26N2O2S/c1-20-17-12-13(18)2-7-16(17)21-15-5-3-14(4-6-15)19-8-10-22-11-9-19/h2,7,12,14-15H,3-6,8-11,18H2,1H3. The van der Waals surface area contributed by atoms with Gasteiger partial charge in [-0.2, -0.15) is 11.8 Å². The molecule has 0 amide bonds. The summed E-state index contributed by atoms with van der Waals surface area (Å²) in [6, 6.07) is 6.37. The fraction of sp³-hybridized carbons (Fsp3) is 0.647. The van der Waals surface area contributed by atoms with Crippen molar-refractivity contribution in [2.45, 2.75) is 37.8 Å². The van der Waals surface area contributed by atoms with Crippen LogP contribution in [0.2, 0.25) is 0 Å². The maximum atomic E-state index is 6.16. The van der Waals surface area contributed by atoms with E-state index in [1.165, 1.54) is 37.4 Å². The average Bonchev–Trinajstić information content (AvgIpc) is 2.58. The molecule has 122 valence electrons. The number of hydrogen-bond donors (Lipinski definition) is 1. The molecule has 0 bridgehead atoms. The Hall–Kier alpha value is -1.07. The number of anilines is 1. The topological polar surface area (TPSA) is 47.7 Å². The molecule has 0 aromatic heterocycles. The molecule has 1 heterocycles. The van der Waals surface area contributed by atoms with Crippen molar-refractivity contribution in [1.82, 2.24) is 4.90 Å². The molecule has 3 rings (SSSR count). The first kappa shape index (κ1) is 15.8. The summed E-state index contributed by atoms with van der Waals surface area (Å²) in [7, 11) is 1.66. The molecule has 0 unspecified atom stereocenters. The summed E-state index contributed by atoms with van der Waals surface area (Å²) in [6.07, 6.45) is 5.04. The van der Waals surface area contributed by atoms with Gasteiger partial charge >= 0.3 is 0 Å². The van der Waals surface area contributed by atoms with Gasteiger partial charge in [0.1, 0.15) is 0 Å². The van der Waals surface area contributed by atoms with Crippen LogP contribution in [0.25, 0.3) is 0 Å². The molecule has 2 aliphatic rings. The van der Waals surface area contributed by atoms with E-state index in [1.54, 1.807) is 7.11 Å². The zero-order valence-electron chi connectivity index (χ0n) is 13.3. The second kappa shape index (κ2) is 7.47. The molecule has 1 aliphatic carbocycles. The number of benzene rings is 1. The summed E-state index contributed by atoms with van der Waals surface area (Å²) in [5.74, 6) is 4.13. The fourth-order valence-corrected chi connectivity index (χ4v) is 4.36. The molecule has 1 saturated carbocycles. The van der Waals surface area contributed by atoms with Gasteiger partial charge in [-0.15, -0.1) is 0 Å². The maximum absolute atomic E-state index is 6.16. The van der Waals surface area contributed by atoms with E-state index in [0.29, 0.717) is 11.8 Å². The van der Waals surface area contributed by atoms with Crippen LogP contribution in [0.5, 0.6) is 11.5 Å². The molecule has 1 aromatic carbocycles. The highest BCUT2D eigenvalue weighted by atomic mass is 32.2. The van der Waals surface area contributed by atoms with Crippen LogP contribution in [-0.4, -0.2) is 48.8 Å². The Balaban J connectivity index is 1.53. The number of rotatable bonds is 4. The number of methoxy groups -OCH3 is 1. The Morgan fingerprint density at radius 1 is 1.09 bits per heavy atom. The number of nitrogen functional groups attached to an aromatic ring is 1. The van der Waals surface area contributed by atoms with E-state index >= 15 is 0 Å². The Labute approximate surface area is 137 Å². The first-order chi connectivity index (χ1) is 10.8. The van der Waals surface area contributed by atoms with Crippen molar-refractivity contribution in [3.63, 3.8) is 0 Å². The number of thioether (sulfide) groups is 1. The molecule has 2 fully saturated rings. The summed E-state index contributed by atoms with van der Waals surface area (Å²) in [5.41, 5.74) is 6.50.